The van der Waals surface area contributed by atoms with Crippen LogP contribution in [0.25, 0.3) is 11.1 Å². The van der Waals surface area contributed by atoms with Crippen molar-refractivity contribution in [1.82, 2.24) is 0 Å². The second-order valence-corrected chi connectivity index (χ2v) is 15.0. The van der Waals surface area contributed by atoms with Crippen molar-refractivity contribution in [3.63, 3.8) is 0 Å². The van der Waals surface area contributed by atoms with Crippen molar-refractivity contribution in [2.75, 3.05) is 52.1 Å². The third kappa shape index (κ3) is 12.2. The van der Waals surface area contributed by atoms with Gasteiger partial charge >= 0.3 is 0 Å². The summed E-state index contributed by atoms with van der Waals surface area (Å²) in [6.45, 7) is -2.68. The molecule has 2 aromatic carbocycles. The number of ether oxygens (including phenoxy) is 8. The van der Waals surface area contributed by atoms with E-state index in [0.29, 0.717) is 22.9 Å². The first-order valence-electron chi connectivity index (χ1n) is 19.7. The Bertz CT molecular complexity index is 1630. The van der Waals surface area contributed by atoms with Gasteiger partial charge in [0.05, 0.1) is 52.0 Å². The minimum atomic E-state index is -1.74. The molecule has 4 aliphatic heterocycles. The summed E-state index contributed by atoms with van der Waals surface area (Å²) in [6, 6.07) is 11.3. The molecule has 6 rings (SSSR count). The van der Waals surface area contributed by atoms with Gasteiger partial charge in [-0.3, -0.25) is 0 Å². The molecular formula is C38H60N2O24. The first kappa shape index (κ1) is 53.4. The van der Waals surface area contributed by atoms with E-state index in [-0.39, 0.29) is 0 Å². The van der Waals surface area contributed by atoms with E-state index in [1.807, 2.05) is 36.4 Å². The summed E-state index contributed by atoms with van der Waals surface area (Å²) in [5.74, 6) is 1.31. The predicted molar refractivity (Wildman–Crippen MR) is 211 cm³/mol. The van der Waals surface area contributed by atoms with Crippen LogP contribution in [-0.4, -0.2) is 245 Å². The van der Waals surface area contributed by atoms with Gasteiger partial charge in [0.2, 0.25) is 0 Å². The lowest BCUT2D eigenvalue weighted by Crippen LogP contribution is -2.64. The van der Waals surface area contributed by atoms with Crippen molar-refractivity contribution in [1.29, 1.82) is 0 Å². The van der Waals surface area contributed by atoms with E-state index in [2.05, 4.69) is 0 Å². The van der Waals surface area contributed by atoms with Crippen molar-refractivity contribution in [2.45, 2.75) is 123 Å². The maximum Gasteiger partial charge on any atom is 0.189 e. The molecule has 2 aromatic rings. The predicted octanol–water partition coefficient (Wildman–Crippen LogP) is -8.26. The second-order valence-electron chi connectivity index (χ2n) is 15.0. The SMILES string of the molecule is COc1cc(-c2ccc(N)c(OC)c2)ccc1N.OC[C@H]1O[C@@H](O[C@H]2[C@H](O)[C@@H](O)[C@H](O)O[C@@H]2CO)[C@H](O)[C@@H](O)[C@H]1O.OC[C@H]1O[C@H](O[C@H]2O[C@H](CO)[C@@H](O)[C@H](O)[C@H]2O)[C@H](O)[C@@H](O)[C@@H]1O. The third-order valence-electron chi connectivity index (χ3n) is 10.7. The average Bonchev–Trinajstić information content (AvgIpc) is 3.29. The summed E-state index contributed by atoms with van der Waals surface area (Å²) in [4.78, 5) is 0. The molecule has 0 spiro atoms. The number of hydrogen-bond acceptors (Lipinski definition) is 26. The van der Waals surface area contributed by atoms with Crippen molar-refractivity contribution < 1.29 is 120 Å². The van der Waals surface area contributed by atoms with E-state index in [9.17, 15) is 66.4 Å². The largest absolute Gasteiger partial charge is 0.495 e. The molecule has 20 N–H and O–H groups in total. The summed E-state index contributed by atoms with van der Waals surface area (Å²) in [7, 11) is 3.19. The summed E-state index contributed by atoms with van der Waals surface area (Å²) in [5.41, 5.74) is 14.8. The quantitative estimate of drug-likeness (QED) is 0.0931. The van der Waals surface area contributed by atoms with Crippen LogP contribution >= 0.6 is 0 Å². The fourth-order valence-electron chi connectivity index (χ4n) is 6.84. The van der Waals surface area contributed by atoms with Crippen LogP contribution in [0.15, 0.2) is 36.4 Å². The second kappa shape index (κ2) is 24.0. The molecule has 0 aliphatic carbocycles. The molecule has 4 heterocycles. The van der Waals surface area contributed by atoms with E-state index in [4.69, 9.17) is 64.7 Å². The molecule has 0 aromatic heterocycles. The summed E-state index contributed by atoms with van der Waals surface area (Å²) < 4.78 is 41.0. The Balaban J connectivity index is 0.000000212. The Morgan fingerprint density at radius 3 is 1.09 bits per heavy atom. The van der Waals surface area contributed by atoms with Crippen LogP contribution < -0.4 is 20.9 Å². The lowest BCUT2D eigenvalue weighted by molar-refractivity contribution is -0.376. The van der Waals surface area contributed by atoms with Crippen LogP contribution in [0, 0.1) is 0 Å². The number of aliphatic hydroxyl groups excluding tert-OH is 16. The van der Waals surface area contributed by atoms with Gasteiger partial charge in [-0.15, -0.1) is 0 Å². The van der Waals surface area contributed by atoms with Crippen LogP contribution in [0.5, 0.6) is 11.5 Å². The minimum absolute atomic E-state index is 0.615. The van der Waals surface area contributed by atoms with Crippen LogP contribution in [0.2, 0.25) is 0 Å². The van der Waals surface area contributed by atoms with E-state index in [1.54, 1.807) is 14.2 Å². The smallest absolute Gasteiger partial charge is 0.189 e. The number of anilines is 2. The number of methoxy groups -OCH3 is 2. The molecule has 4 fully saturated rings. The van der Waals surface area contributed by atoms with Gasteiger partial charge in [-0.1, -0.05) is 12.1 Å². The number of nitrogen functional groups attached to an aromatic ring is 2. The van der Waals surface area contributed by atoms with Gasteiger partial charge in [0, 0.05) is 0 Å². The van der Waals surface area contributed by atoms with Gasteiger partial charge in [0.25, 0.3) is 0 Å². The molecule has 26 heteroatoms. The molecule has 0 radical (unpaired) electrons. The molecular weight excluding hydrogens is 868 g/mol. The van der Waals surface area contributed by atoms with Crippen LogP contribution in [-0.2, 0) is 28.4 Å². The molecule has 20 atom stereocenters. The van der Waals surface area contributed by atoms with Gasteiger partial charge in [-0.25, -0.2) is 0 Å². The van der Waals surface area contributed by atoms with Crippen LogP contribution in [0.3, 0.4) is 0 Å². The maximum atomic E-state index is 9.94. The Labute approximate surface area is 364 Å². The zero-order valence-electron chi connectivity index (χ0n) is 34.4. The average molecular weight is 929 g/mol. The molecule has 0 saturated carbocycles. The Hall–Kier alpha value is -3.24. The number of nitrogens with two attached hydrogens (primary N) is 2. The molecule has 4 saturated heterocycles. The van der Waals surface area contributed by atoms with E-state index in [0.717, 1.165) is 11.1 Å². The zero-order valence-corrected chi connectivity index (χ0v) is 34.4. The molecule has 26 nitrogen and oxygen atoms in total. The first-order chi connectivity index (χ1) is 30.3. The third-order valence-corrected chi connectivity index (χ3v) is 10.7. The fraction of sp³-hybridized carbons (Fsp3) is 0.684. The molecule has 0 amide bonds. The normalized spacial score (nSPS) is 40.0. The van der Waals surface area contributed by atoms with Crippen LogP contribution in [0.4, 0.5) is 11.4 Å². The van der Waals surface area contributed by atoms with Crippen molar-refractivity contribution in [3.8, 4) is 22.6 Å². The number of aliphatic hydroxyl groups is 16. The van der Waals surface area contributed by atoms with E-state index in [1.165, 1.54) is 0 Å². The molecule has 0 bridgehead atoms. The van der Waals surface area contributed by atoms with Crippen molar-refractivity contribution in [2.24, 2.45) is 0 Å². The Morgan fingerprint density at radius 1 is 0.422 bits per heavy atom. The highest BCUT2D eigenvalue weighted by atomic mass is 16.8. The monoisotopic (exact) mass is 928 g/mol. The highest BCUT2D eigenvalue weighted by molar-refractivity contribution is 5.73. The molecule has 4 aliphatic rings. The summed E-state index contributed by atoms with van der Waals surface area (Å²) in [6.07, 6.45) is -31.2. The lowest BCUT2D eigenvalue weighted by Gasteiger charge is -2.45. The zero-order chi connectivity index (χ0) is 47.7. The number of hydrogen-bond donors (Lipinski definition) is 18. The van der Waals surface area contributed by atoms with Gasteiger partial charge in [-0.2, -0.15) is 0 Å². The lowest BCUT2D eigenvalue weighted by atomic mass is 9.97. The maximum absolute atomic E-state index is 9.94. The topological polar surface area (TPSA) is 450 Å². The van der Waals surface area contributed by atoms with Crippen LogP contribution in [0.1, 0.15) is 0 Å². The molecule has 64 heavy (non-hydrogen) atoms. The Morgan fingerprint density at radius 2 is 0.766 bits per heavy atom. The molecule has 366 valence electrons. The van der Waals surface area contributed by atoms with Gasteiger partial charge in [-0.05, 0) is 35.4 Å². The highest BCUT2D eigenvalue weighted by Crippen LogP contribution is 2.34. The van der Waals surface area contributed by atoms with E-state index >= 15 is 0 Å². The van der Waals surface area contributed by atoms with Gasteiger partial charge < -0.3 is 131 Å². The minimum Gasteiger partial charge on any atom is -0.495 e. The summed E-state index contributed by atoms with van der Waals surface area (Å²) in [5, 5.41) is 153. The van der Waals surface area contributed by atoms with Gasteiger partial charge in [0.1, 0.15) is 109 Å². The fourth-order valence-corrected chi connectivity index (χ4v) is 6.84. The molecule has 0 unspecified atom stereocenters. The first-order valence-corrected chi connectivity index (χ1v) is 19.7. The number of benzene rings is 2. The standard InChI is InChI=1S/C14H16N2O2.2C12H22O11/c1-17-13-7-9(3-5-11(13)15)10-4-6-12(16)14(8-10)18-2;13-1-3-5(15)6(16)9(19)12(22-3)23-10-4(2-14)21-11(20)8(18)7(10)17;13-1-3-5(15)7(17)9(19)11(21-3)23-12-10(20)8(18)6(16)4(2-14)22-12/h3-8H,15-16H2,1-2H3;2*3-20H,1-2H2/t;3-,4-,5+,6+,7-,8-,9-,10-,11-,12+;3-,4-,5-,6-,7+,8+,9-,10-,11-,12-/m.11/s1. The van der Waals surface area contributed by atoms with Crippen molar-refractivity contribution >= 4 is 11.4 Å². The van der Waals surface area contributed by atoms with Crippen molar-refractivity contribution in [3.05, 3.63) is 36.4 Å². The van der Waals surface area contributed by atoms with E-state index < -0.39 is 149 Å². The van der Waals surface area contributed by atoms with Gasteiger partial charge in [0.15, 0.2) is 25.2 Å². The summed E-state index contributed by atoms with van der Waals surface area (Å²) >= 11 is 0. The highest BCUT2D eigenvalue weighted by Gasteiger charge is 2.51. The number of rotatable bonds is 11. The Kier molecular flexibility index (Phi) is 20.0.